The maximum absolute atomic E-state index is 13.9. The van der Waals surface area contributed by atoms with Gasteiger partial charge in [0.2, 0.25) is 5.82 Å². The first-order valence-corrected chi connectivity index (χ1v) is 10.8. The van der Waals surface area contributed by atoms with Crippen LogP contribution in [-0.2, 0) is 20.4 Å². The van der Waals surface area contributed by atoms with Crippen LogP contribution in [-0.4, -0.2) is 34.5 Å². The number of halogens is 4. The van der Waals surface area contributed by atoms with Crippen molar-refractivity contribution in [2.45, 2.75) is 38.7 Å². The van der Waals surface area contributed by atoms with Crippen molar-refractivity contribution in [3.8, 4) is 11.4 Å². The van der Waals surface area contributed by atoms with Gasteiger partial charge in [-0.05, 0) is 37.6 Å². The van der Waals surface area contributed by atoms with Crippen molar-refractivity contribution < 1.29 is 32.2 Å². The van der Waals surface area contributed by atoms with E-state index in [9.17, 15) is 18.0 Å². The Morgan fingerprint density at radius 1 is 1.21 bits per heavy atom. The first-order chi connectivity index (χ1) is 16.2. The minimum Gasteiger partial charge on any atom is -0.496 e. The highest BCUT2D eigenvalue weighted by atomic mass is 35.5. The SMILES string of the molecule is CCOC(=O)C[C@@H]1O[C@@H](c2cccc(C)c2OC)c2cc(Cl)ccc2-n2c1nnc2C(F)(F)F. The topological polar surface area (TPSA) is 75.5 Å². The smallest absolute Gasteiger partial charge is 0.452 e. The van der Waals surface area contributed by atoms with Gasteiger partial charge < -0.3 is 14.2 Å². The zero-order valence-corrected chi connectivity index (χ0v) is 19.3. The summed E-state index contributed by atoms with van der Waals surface area (Å²) in [5.74, 6) is -1.55. The molecule has 180 valence electrons. The Hall–Kier alpha value is -3.11. The van der Waals surface area contributed by atoms with Gasteiger partial charge in [0.15, 0.2) is 5.82 Å². The average molecular weight is 496 g/mol. The van der Waals surface area contributed by atoms with Gasteiger partial charge in [-0.15, -0.1) is 10.2 Å². The fourth-order valence-electron chi connectivity index (χ4n) is 4.08. The van der Waals surface area contributed by atoms with E-state index in [0.717, 1.165) is 10.1 Å². The van der Waals surface area contributed by atoms with E-state index in [2.05, 4.69) is 10.2 Å². The summed E-state index contributed by atoms with van der Waals surface area (Å²) in [7, 11) is 1.49. The maximum atomic E-state index is 13.9. The van der Waals surface area contributed by atoms with E-state index in [1.54, 1.807) is 19.1 Å². The first-order valence-electron chi connectivity index (χ1n) is 10.4. The van der Waals surface area contributed by atoms with Crippen molar-refractivity contribution in [3.05, 3.63) is 69.8 Å². The van der Waals surface area contributed by atoms with Crippen molar-refractivity contribution >= 4 is 17.6 Å². The van der Waals surface area contributed by atoms with E-state index >= 15 is 0 Å². The average Bonchev–Trinajstić information content (AvgIpc) is 3.17. The lowest BCUT2D eigenvalue weighted by molar-refractivity contribution is -0.147. The van der Waals surface area contributed by atoms with Gasteiger partial charge in [-0.3, -0.25) is 9.36 Å². The molecule has 0 bridgehead atoms. The van der Waals surface area contributed by atoms with Crippen LogP contribution in [0.25, 0.3) is 5.69 Å². The van der Waals surface area contributed by atoms with Crippen LogP contribution in [0.4, 0.5) is 13.2 Å². The molecular weight excluding hydrogens is 475 g/mol. The summed E-state index contributed by atoms with van der Waals surface area (Å²) < 4.78 is 59.6. The summed E-state index contributed by atoms with van der Waals surface area (Å²) in [6, 6.07) is 9.82. The van der Waals surface area contributed by atoms with Crippen LogP contribution >= 0.6 is 11.6 Å². The van der Waals surface area contributed by atoms with Crippen molar-refractivity contribution in [2.75, 3.05) is 13.7 Å². The van der Waals surface area contributed by atoms with Crippen molar-refractivity contribution in [2.24, 2.45) is 0 Å². The van der Waals surface area contributed by atoms with E-state index in [-0.39, 0.29) is 24.5 Å². The number of esters is 1. The number of benzene rings is 2. The molecule has 2 heterocycles. The third kappa shape index (κ3) is 4.35. The molecule has 0 saturated heterocycles. The maximum Gasteiger partial charge on any atom is 0.452 e. The minimum atomic E-state index is -4.81. The highest BCUT2D eigenvalue weighted by Crippen LogP contribution is 2.46. The van der Waals surface area contributed by atoms with E-state index < -0.39 is 30.2 Å². The Balaban J connectivity index is 2.00. The normalized spacial score (nSPS) is 17.5. The number of ether oxygens (including phenoxy) is 3. The van der Waals surface area contributed by atoms with Crippen molar-refractivity contribution in [3.63, 3.8) is 0 Å². The molecule has 0 unspecified atom stereocenters. The fraction of sp³-hybridized carbons (Fsp3) is 0.348. The summed E-state index contributed by atoms with van der Waals surface area (Å²) in [4.78, 5) is 12.4. The summed E-state index contributed by atoms with van der Waals surface area (Å²) in [5, 5.41) is 7.46. The highest BCUT2D eigenvalue weighted by molar-refractivity contribution is 6.30. The molecule has 2 atom stereocenters. The van der Waals surface area contributed by atoms with Gasteiger partial charge in [-0.2, -0.15) is 13.2 Å². The van der Waals surface area contributed by atoms with Gasteiger partial charge in [-0.1, -0.05) is 29.8 Å². The number of carbonyl (C=O) groups excluding carboxylic acids is 1. The second kappa shape index (κ2) is 9.27. The molecule has 0 fully saturated rings. The Morgan fingerprint density at radius 2 is 1.97 bits per heavy atom. The van der Waals surface area contributed by atoms with Crippen LogP contribution in [0.2, 0.25) is 5.02 Å². The largest absolute Gasteiger partial charge is 0.496 e. The Labute approximate surface area is 198 Å². The molecule has 2 aromatic carbocycles. The van der Waals surface area contributed by atoms with E-state index in [1.165, 1.54) is 25.3 Å². The van der Waals surface area contributed by atoms with Gasteiger partial charge in [0, 0.05) is 16.1 Å². The number of hydrogen-bond acceptors (Lipinski definition) is 6. The molecule has 4 rings (SSSR count). The molecule has 1 aromatic heterocycles. The number of methoxy groups -OCH3 is 1. The molecule has 7 nitrogen and oxygen atoms in total. The van der Waals surface area contributed by atoms with E-state index in [1.807, 2.05) is 13.0 Å². The van der Waals surface area contributed by atoms with Gasteiger partial charge in [0.25, 0.3) is 0 Å². The third-order valence-electron chi connectivity index (χ3n) is 5.43. The van der Waals surface area contributed by atoms with Crippen LogP contribution in [0, 0.1) is 6.92 Å². The number of carbonyl (C=O) groups is 1. The van der Waals surface area contributed by atoms with Crippen LogP contribution in [0.1, 0.15) is 53.9 Å². The quantitative estimate of drug-likeness (QED) is 0.443. The second-order valence-electron chi connectivity index (χ2n) is 7.63. The van der Waals surface area contributed by atoms with Crippen LogP contribution in [0.15, 0.2) is 36.4 Å². The van der Waals surface area contributed by atoms with Gasteiger partial charge in [0.1, 0.15) is 18.0 Å². The van der Waals surface area contributed by atoms with Crippen LogP contribution in [0.3, 0.4) is 0 Å². The van der Waals surface area contributed by atoms with E-state index in [0.29, 0.717) is 21.9 Å². The summed E-state index contributed by atoms with van der Waals surface area (Å²) in [6.07, 6.45) is -7.29. The zero-order valence-electron chi connectivity index (χ0n) is 18.5. The molecule has 0 spiro atoms. The lowest BCUT2D eigenvalue weighted by atomic mass is 9.97. The van der Waals surface area contributed by atoms with E-state index in [4.69, 9.17) is 25.8 Å². The van der Waals surface area contributed by atoms with Gasteiger partial charge in [0.05, 0.1) is 25.8 Å². The minimum absolute atomic E-state index is 0.108. The zero-order chi connectivity index (χ0) is 24.6. The van der Waals surface area contributed by atoms with Crippen LogP contribution in [0.5, 0.6) is 5.75 Å². The monoisotopic (exact) mass is 495 g/mol. The standard InChI is InChI=1S/C23H21ClF3N3O4/c1-4-33-18(31)11-17-21-28-29-22(23(25,26)27)30(21)16-9-8-13(24)10-15(16)20(34-17)14-7-5-6-12(2)19(14)32-3/h5-10,17,20H,4,11H2,1-3H3/t17-,20-/m0/s1. The second-order valence-corrected chi connectivity index (χ2v) is 8.07. The molecule has 0 N–H and O–H groups in total. The number of alkyl halides is 3. The van der Waals surface area contributed by atoms with Gasteiger partial charge >= 0.3 is 12.1 Å². The number of aryl methyl sites for hydroxylation is 1. The van der Waals surface area contributed by atoms with Crippen molar-refractivity contribution in [1.82, 2.24) is 14.8 Å². The summed E-state index contributed by atoms with van der Waals surface area (Å²) >= 11 is 6.26. The predicted molar refractivity (Wildman–Crippen MR) is 116 cm³/mol. The third-order valence-corrected chi connectivity index (χ3v) is 5.66. The number of rotatable bonds is 5. The molecule has 1 aliphatic rings. The van der Waals surface area contributed by atoms with Gasteiger partial charge in [-0.25, -0.2) is 0 Å². The van der Waals surface area contributed by atoms with Crippen LogP contribution < -0.4 is 4.74 Å². The number of nitrogens with zero attached hydrogens (tertiary/aromatic N) is 3. The number of aromatic nitrogens is 3. The number of fused-ring (bicyclic) bond motifs is 3. The summed E-state index contributed by atoms with van der Waals surface area (Å²) in [6.45, 7) is 3.58. The highest BCUT2D eigenvalue weighted by Gasteiger charge is 2.43. The molecular formula is C23H21ClF3N3O4. The lowest BCUT2D eigenvalue weighted by Crippen LogP contribution is -2.18. The van der Waals surface area contributed by atoms with Crippen molar-refractivity contribution in [1.29, 1.82) is 0 Å². The fourth-order valence-corrected chi connectivity index (χ4v) is 4.26. The molecule has 1 aliphatic heterocycles. The molecule has 0 amide bonds. The Bertz CT molecular complexity index is 1230. The molecule has 34 heavy (non-hydrogen) atoms. The Morgan fingerprint density at radius 3 is 2.65 bits per heavy atom. The molecule has 0 saturated carbocycles. The lowest BCUT2D eigenvalue weighted by Gasteiger charge is -2.24. The number of hydrogen-bond donors (Lipinski definition) is 0. The molecule has 0 aliphatic carbocycles. The summed E-state index contributed by atoms with van der Waals surface area (Å²) in [5.41, 5.74) is 1.84. The molecule has 0 radical (unpaired) electrons. The molecule has 11 heteroatoms. The molecule has 3 aromatic rings. The first kappa shape index (κ1) is 24.0. The number of para-hydroxylation sites is 1. The Kier molecular flexibility index (Phi) is 6.55. The predicted octanol–water partition coefficient (Wildman–Crippen LogP) is 5.37.